The summed E-state index contributed by atoms with van der Waals surface area (Å²) in [5.41, 5.74) is 7.46. The van der Waals surface area contributed by atoms with E-state index in [1.807, 2.05) is 6.07 Å². The standard InChI is InChI=1S/C29H33F2N4O3P/c1-16-10-17(12-18(32)11-16)21-4-7-33-15-25(21)35-29(36)24-3-2-22(30)28(34-24)27-23(31)13-20(14-26(27)39)38-19-5-8-37-9-6-19/h2-4,7,13-19H,5-6,8-12,32,39H2,1H3,(H,35,36). The average Bonchev–Trinajstić information content (AvgIpc) is 2.89. The number of nitrogens with two attached hydrogens (primary N) is 1. The summed E-state index contributed by atoms with van der Waals surface area (Å²) in [6.07, 6.45) is 7.41. The highest BCUT2D eigenvalue weighted by Crippen LogP contribution is 2.38. The molecule has 1 saturated carbocycles. The molecule has 1 aromatic carbocycles. The first-order valence-corrected chi connectivity index (χ1v) is 13.9. The van der Waals surface area contributed by atoms with E-state index < -0.39 is 17.5 Å². The normalized spacial score (nSPS) is 21.9. The van der Waals surface area contributed by atoms with Gasteiger partial charge in [-0.1, -0.05) is 6.92 Å². The molecule has 1 aliphatic carbocycles. The molecule has 1 aliphatic heterocycles. The lowest BCUT2D eigenvalue weighted by Gasteiger charge is -2.32. The Morgan fingerprint density at radius 2 is 1.92 bits per heavy atom. The van der Waals surface area contributed by atoms with Gasteiger partial charge in [-0.15, -0.1) is 9.24 Å². The Balaban J connectivity index is 1.38. The topological polar surface area (TPSA) is 99.4 Å². The van der Waals surface area contributed by atoms with E-state index in [1.54, 1.807) is 18.5 Å². The molecule has 2 aliphatic rings. The summed E-state index contributed by atoms with van der Waals surface area (Å²) in [5.74, 6) is -0.951. The molecule has 4 unspecified atom stereocenters. The number of benzene rings is 1. The van der Waals surface area contributed by atoms with E-state index in [1.165, 1.54) is 12.1 Å². The van der Waals surface area contributed by atoms with E-state index in [4.69, 9.17) is 15.2 Å². The first kappa shape index (κ1) is 27.6. The number of nitrogens with zero attached hydrogens (tertiary/aromatic N) is 2. The van der Waals surface area contributed by atoms with Gasteiger partial charge in [0.15, 0.2) is 0 Å². The van der Waals surface area contributed by atoms with Crippen molar-refractivity contribution in [3.8, 4) is 17.0 Å². The van der Waals surface area contributed by atoms with Gasteiger partial charge in [-0.25, -0.2) is 13.8 Å². The van der Waals surface area contributed by atoms with Crippen LogP contribution in [0.25, 0.3) is 11.3 Å². The lowest BCUT2D eigenvalue weighted by molar-refractivity contribution is 0.0255. The predicted molar refractivity (Wildman–Crippen MR) is 149 cm³/mol. The van der Waals surface area contributed by atoms with Crippen LogP contribution in [0.4, 0.5) is 14.5 Å². The molecule has 2 fully saturated rings. The second-order valence-corrected chi connectivity index (χ2v) is 11.1. The number of carbonyl (C=O) groups excluding carboxylic acids is 1. The number of aromatic nitrogens is 2. The number of hydrogen-bond donors (Lipinski definition) is 2. The first-order valence-electron chi connectivity index (χ1n) is 13.3. The van der Waals surface area contributed by atoms with Crippen LogP contribution in [0.1, 0.15) is 61.0 Å². The molecule has 39 heavy (non-hydrogen) atoms. The number of hydrogen-bond acceptors (Lipinski definition) is 6. The lowest BCUT2D eigenvalue weighted by atomic mass is 9.76. The van der Waals surface area contributed by atoms with Crippen molar-refractivity contribution in [2.45, 2.75) is 57.1 Å². The minimum absolute atomic E-state index is 0.0405. The van der Waals surface area contributed by atoms with Gasteiger partial charge in [0, 0.05) is 36.7 Å². The van der Waals surface area contributed by atoms with Crippen molar-refractivity contribution in [1.29, 1.82) is 0 Å². The zero-order valence-corrected chi connectivity index (χ0v) is 23.0. The van der Waals surface area contributed by atoms with Crippen LogP contribution in [0.3, 0.4) is 0 Å². The Morgan fingerprint density at radius 3 is 2.67 bits per heavy atom. The highest BCUT2D eigenvalue weighted by atomic mass is 31.0. The largest absolute Gasteiger partial charge is 0.490 e. The number of pyridine rings is 2. The number of amides is 1. The fourth-order valence-corrected chi connectivity index (χ4v) is 6.05. The average molecular weight is 555 g/mol. The van der Waals surface area contributed by atoms with Crippen LogP contribution >= 0.6 is 9.24 Å². The van der Waals surface area contributed by atoms with Crippen LogP contribution in [0.5, 0.6) is 5.75 Å². The van der Waals surface area contributed by atoms with Gasteiger partial charge in [0.05, 0.1) is 25.1 Å². The molecule has 3 heterocycles. The molecule has 5 rings (SSSR count). The third-order valence-corrected chi connectivity index (χ3v) is 7.86. The SMILES string of the molecule is CC1CC(N)CC(c2ccncc2NC(=O)c2ccc(F)c(-c3c(F)cc(OC4CCOCC4)cc3P)n2)C1. The molecule has 1 saturated heterocycles. The Morgan fingerprint density at radius 1 is 1.13 bits per heavy atom. The van der Waals surface area contributed by atoms with Crippen molar-refractivity contribution in [3.05, 3.63) is 65.6 Å². The summed E-state index contributed by atoms with van der Waals surface area (Å²) in [5, 5.41) is 3.25. The first-order chi connectivity index (χ1) is 18.8. The van der Waals surface area contributed by atoms with Crippen LogP contribution in [-0.4, -0.2) is 41.2 Å². The zero-order valence-electron chi connectivity index (χ0n) is 21.8. The van der Waals surface area contributed by atoms with Gasteiger partial charge < -0.3 is 20.5 Å². The Kier molecular flexibility index (Phi) is 8.50. The molecule has 206 valence electrons. The third kappa shape index (κ3) is 6.43. The van der Waals surface area contributed by atoms with Gasteiger partial charge in [0.1, 0.15) is 34.9 Å². The maximum Gasteiger partial charge on any atom is 0.274 e. The van der Waals surface area contributed by atoms with Gasteiger partial charge in [-0.3, -0.25) is 9.78 Å². The maximum atomic E-state index is 15.3. The summed E-state index contributed by atoms with van der Waals surface area (Å²) in [6, 6.07) is 7.26. The van der Waals surface area contributed by atoms with Crippen LogP contribution < -0.4 is 21.1 Å². The van der Waals surface area contributed by atoms with Crippen molar-refractivity contribution >= 4 is 26.1 Å². The molecule has 4 atom stereocenters. The molecular weight excluding hydrogens is 521 g/mol. The second kappa shape index (κ2) is 12.0. The monoisotopic (exact) mass is 554 g/mol. The molecule has 1 amide bonds. The molecule has 0 spiro atoms. The summed E-state index contributed by atoms with van der Waals surface area (Å²) in [6.45, 7) is 3.37. The van der Waals surface area contributed by atoms with Crippen LogP contribution in [0.15, 0.2) is 42.7 Å². The molecule has 3 aromatic rings. The Hall–Kier alpha value is -3.00. The summed E-state index contributed by atoms with van der Waals surface area (Å²) >= 11 is 0. The van der Waals surface area contributed by atoms with Gasteiger partial charge in [-0.2, -0.15) is 0 Å². The molecule has 2 aromatic heterocycles. The Bertz CT molecular complexity index is 1320. The van der Waals surface area contributed by atoms with Crippen LogP contribution in [0, 0.1) is 17.6 Å². The summed E-state index contributed by atoms with van der Waals surface area (Å²) in [7, 11) is 2.41. The maximum absolute atomic E-state index is 15.3. The van der Waals surface area contributed by atoms with Crippen molar-refractivity contribution in [3.63, 3.8) is 0 Å². The van der Waals surface area contributed by atoms with E-state index >= 15 is 4.39 Å². The van der Waals surface area contributed by atoms with Crippen molar-refractivity contribution < 1.29 is 23.0 Å². The zero-order chi connectivity index (χ0) is 27.5. The van der Waals surface area contributed by atoms with Crippen molar-refractivity contribution in [2.24, 2.45) is 11.7 Å². The minimum atomic E-state index is -0.737. The highest BCUT2D eigenvalue weighted by molar-refractivity contribution is 7.28. The number of halogens is 2. The Labute approximate surface area is 229 Å². The summed E-state index contributed by atoms with van der Waals surface area (Å²) in [4.78, 5) is 21.7. The number of nitrogens with one attached hydrogen (secondary N) is 1. The molecular formula is C29H33F2N4O3P. The fourth-order valence-electron chi connectivity index (χ4n) is 5.61. The molecule has 0 bridgehead atoms. The fraction of sp³-hybridized carbons (Fsp3) is 0.414. The van der Waals surface area contributed by atoms with E-state index in [0.717, 1.165) is 30.9 Å². The molecule has 3 N–H and O–H groups in total. The van der Waals surface area contributed by atoms with Gasteiger partial charge in [0.25, 0.3) is 5.91 Å². The second-order valence-electron chi connectivity index (χ2n) is 10.5. The van der Waals surface area contributed by atoms with E-state index in [9.17, 15) is 9.18 Å². The molecule has 10 heteroatoms. The number of carbonyl (C=O) groups is 1. The molecule has 0 radical (unpaired) electrons. The lowest BCUT2D eigenvalue weighted by Crippen LogP contribution is -2.31. The third-order valence-electron chi connectivity index (χ3n) is 7.40. The number of rotatable bonds is 6. The van der Waals surface area contributed by atoms with Crippen LogP contribution in [0.2, 0.25) is 0 Å². The van der Waals surface area contributed by atoms with Crippen molar-refractivity contribution in [2.75, 3.05) is 18.5 Å². The number of ether oxygens (including phenoxy) is 2. The summed E-state index contributed by atoms with van der Waals surface area (Å²) < 4.78 is 41.5. The van der Waals surface area contributed by atoms with E-state index in [-0.39, 0.29) is 35.0 Å². The van der Waals surface area contributed by atoms with Crippen LogP contribution in [-0.2, 0) is 4.74 Å². The van der Waals surface area contributed by atoms with E-state index in [0.29, 0.717) is 48.7 Å². The highest BCUT2D eigenvalue weighted by Gasteiger charge is 2.28. The van der Waals surface area contributed by atoms with Crippen molar-refractivity contribution in [1.82, 2.24) is 9.97 Å². The minimum Gasteiger partial charge on any atom is -0.490 e. The predicted octanol–water partition coefficient (Wildman–Crippen LogP) is 4.96. The van der Waals surface area contributed by atoms with Gasteiger partial charge in [-0.05, 0) is 66.2 Å². The molecule has 7 nitrogen and oxygen atoms in total. The quantitative estimate of drug-likeness (QED) is 0.418. The van der Waals surface area contributed by atoms with Gasteiger partial charge >= 0.3 is 0 Å². The van der Waals surface area contributed by atoms with Gasteiger partial charge in [0.2, 0.25) is 0 Å². The van der Waals surface area contributed by atoms with E-state index in [2.05, 4.69) is 31.4 Å². The number of anilines is 1. The smallest absolute Gasteiger partial charge is 0.274 e.